The Hall–Kier alpha value is -1.92. The fourth-order valence-electron chi connectivity index (χ4n) is 2.47. The molecular formula is C15H22ClN5O5S. The molecule has 1 aromatic rings. The fraction of sp³-hybridized carbons (Fsp3) is 0.467. The van der Waals surface area contributed by atoms with Crippen LogP contribution in [-0.4, -0.2) is 67.0 Å². The Bertz CT molecular complexity index is 765. The molecule has 2 rings (SSSR count). The minimum atomic E-state index is -3.91. The van der Waals surface area contributed by atoms with Gasteiger partial charge in [-0.25, -0.2) is 10.3 Å². The molecule has 0 spiro atoms. The maximum atomic E-state index is 12.3. The van der Waals surface area contributed by atoms with Gasteiger partial charge in [0.1, 0.15) is 6.04 Å². The van der Waals surface area contributed by atoms with Crippen molar-refractivity contribution >= 4 is 33.7 Å². The molecule has 0 bridgehead atoms. The molecule has 1 fully saturated rings. The summed E-state index contributed by atoms with van der Waals surface area (Å²) in [5.41, 5.74) is 2.29. The standard InChI is InChI=1S/C15H22ClN5O5S/c1-11(14(22)18-24)19-27(25,26)21-8-6-20(7-9-21)15(23)17-10-12-2-4-13(16)5-3-12/h2-5,11,19,24H,6-10H2,1H3,(H,17,23)(H,18,22)/t11-/m1/s1. The third-order valence-electron chi connectivity index (χ3n) is 4.05. The lowest BCUT2D eigenvalue weighted by atomic mass is 10.2. The predicted molar refractivity (Wildman–Crippen MR) is 98.3 cm³/mol. The smallest absolute Gasteiger partial charge is 0.317 e. The van der Waals surface area contributed by atoms with Crippen molar-refractivity contribution in [3.8, 4) is 0 Å². The normalized spacial score (nSPS) is 16.6. The van der Waals surface area contributed by atoms with Crippen molar-refractivity contribution in [2.24, 2.45) is 0 Å². The number of carbonyl (C=O) groups is 2. The van der Waals surface area contributed by atoms with Crippen LogP contribution < -0.4 is 15.5 Å². The van der Waals surface area contributed by atoms with E-state index in [0.717, 1.165) is 9.87 Å². The molecule has 1 aliphatic heterocycles. The predicted octanol–water partition coefficient (Wildman–Crippen LogP) is -0.104. The fourth-order valence-corrected chi connectivity index (χ4v) is 3.94. The van der Waals surface area contributed by atoms with Crippen molar-refractivity contribution in [1.82, 2.24) is 24.7 Å². The Morgan fingerprint density at radius 2 is 1.78 bits per heavy atom. The Labute approximate surface area is 162 Å². The number of nitrogens with one attached hydrogen (secondary N) is 3. The topological polar surface area (TPSA) is 131 Å². The van der Waals surface area contributed by atoms with Crippen LogP contribution in [0.15, 0.2) is 24.3 Å². The number of hydrogen-bond donors (Lipinski definition) is 4. The molecular weight excluding hydrogens is 398 g/mol. The highest BCUT2D eigenvalue weighted by Gasteiger charge is 2.31. The summed E-state index contributed by atoms with van der Waals surface area (Å²) >= 11 is 5.81. The van der Waals surface area contributed by atoms with E-state index in [9.17, 15) is 18.0 Å². The lowest BCUT2D eigenvalue weighted by Gasteiger charge is -2.34. The SMILES string of the molecule is C[C@@H](NS(=O)(=O)N1CCN(C(=O)NCc2ccc(Cl)cc2)CC1)C(=O)NO. The van der Waals surface area contributed by atoms with Gasteiger partial charge in [-0.15, -0.1) is 0 Å². The first-order chi connectivity index (χ1) is 12.7. The molecule has 1 heterocycles. The van der Waals surface area contributed by atoms with E-state index in [1.54, 1.807) is 12.1 Å². The highest BCUT2D eigenvalue weighted by Crippen LogP contribution is 2.10. The minimum Gasteiger partial charge on any atom is -0.334 e. The number of hydrogen-bond acceptors (Lipinski definition) is 5. The number of rotatable bonds is 6. The second kappa shape index (κ2) is 9.33. The zero-order valence-corrected chi connectivity index (χ0v) is 16.3. The average molecular weight is 420 g/mol. The average Bonchev–Trinajstić information content (AvgIpc) is 2.66. The van der Waals surface area contributed by atoms with Crippen LogP contribution in [0, 0.1) is 0 Å². The second-order valence-corrected chi connectivity index (χ2v) is 8.13. The first-order valence-electron chi connectivity index (χ1n) is 8.21. The molecule has 1 atom stereocenters. The number of piperazine rings is 1. The molecule has 150 valence electrons. The quantitative estimate of drug-likeness (QED) is 0.377. The van der Waals surface area contributed by atoms with E-state index in [0.29, 0.717) is 11.6 Å². The lowest BCUT2D eigenvalue weighted by molar-refractivity contribution is -0.130. The minimum absolute atomic E-state index is 0.0944. The van der Waals surface area contributed by atoms with Crippen LogP contribution in [0.25, 0.3) is 0 Å². The number of benzene rings is 1. The molecule has 0 unspecified atom stereocenters. The number of hydroxylamine groups is 1. The van der Waals surface area contributed by atoms with Gasteiger partial charge >= 0.3 is 6.03 Å². The molecule has 1 aromatic carbocycles. The highest BCUT2D eigenvalue weighted by molar-refractivity contribution is 7.87. The third kappa shape index (κ3) is 6.04. The maximum absolute atomic E-state index is 12.3. The van der Waals surface area contributed by atoms with Gasteiger partial charge in [0, 0.05) is 37.7 Å². The van der Waals surface area contributed by atoms with Crippen LogP contribution in [-0.2, 0) is 21.5 Å². The number of amides is 3. The highest BCUT2D eigenvalue weighted by atomic mass is 35.5. The Kier molecular flexibility index (Phi) is 7.39. The van der Waals surface area contributed by atoms with Crippen molar-refractivity contribution in [2.45, 2.75) is 19.5 Å². The number of nitrogens with zero attached hydrogens (tertiary/aromatic N) is 2. The number of carbonyl (C=O) groups excluding carboxylic acids is 2. The molecule has 0 aliphatic carbocycles. The molecule has 12 heteroatoms. The van der Waals surface area contributed by atoms with Gasteiger partial charge in [0.15, 0.2) is 0 Å². The Morgan fingerprint density at radius 1 is 1.19 bits per heavy atom. The van der Waals surface area contributed by atoms with E-state index >= 15 is 0 Å². The van der Waals surface area contributed by atoms with Crippen LogP contribution in [0.3, 0.4) is 0 Å². The van der Waals surface area contributed by atoms with Gasteiger partial charge in [-0.05, 0) is 24.6 Å². The Balaban J connectivity index is 1.82. The molecule has 27 heavy (non-hydrogen) atoms. The van der Waals surface area contributed by atoms with Crippen molar-refractivity contribution in [3.05, 3.63) is 34.9 Å². The maximum Gasteiger partial charge on any atom is 0.317 e. The van der Waals surface area contributed by atoms with Crippen molar-refractivity contribution < 1.29 is 23.2 Å². The lowest BCUT2D eigenvalue weighted by Crippen LogP contribution is -2.57. The second-order valence-electron chi connectivity index (χ2n) is 5.99. The van der Waals surface area contributed by atoms with E-state index in [1.807, 2.05) is 12.1 Å². The first kappa shape index (κ1) is 21.4. The summed E-state index contributed by atoms with van der Waals surface area (Å²) in [4.78, 5) is 25.0. The summed E-state index contributed by atoms with van der Waals surface area (Å²) in [6.45, 7) is 2.27. The van der Waals surface area contributed by atoms with Gasteiger partial charge in [0.2, 0.25) is 0 Å². The van der Waals surface area contributed by atoms with Crippen molar-refractivity contribution in [3.63, 3.8) is 0 Å². The monoisotopic (exact) mass is 419 g/mol. The largest absolute Gasteiger partial charge is 0.334 e. The van der Waals surface area contributed by atoms with Gasteiger partial charge in [-0.3, -0.25) is 10.0 Å². The Morgan fingerprint density at radius 3 is 2.33 bits per heavy atom. The van der Waals surface area contributed by atoms with Gasteiger partial charge < -0.3 is 10.2 Å². The summed E-state index contributed by atoms with van der Waals surface area (Å²) in [6, 6.07) is 5.67. The van der Waals surface area contributed by atoms with Gasteiger partial charge in [0.25, 0.3) is 16.1 Å². The van der Waals surface area contributed by atoms with E-state index in [-0.39, 0.29) is 32.2 Å². The number of halogens is 1. The van der Waals surface area contributed by atoms with Crippen LogP contribution in [0.1, 0.15) is 12.5 Å². The summed E-state index contributed by atoms with van der Waals surface area (Å²) < 4.78 is 27.8. The molecule has 4 N–H and O–H groups in total. The van der Waals surface area contributed by atoms with E-state index in [4.69, 9.17) is 16.8 Å². The molecule has 0 aromatic heterocycles. The molecule has 0 radical (unpaired) electrons. The molecule has 1 aliphatic rings. The van der Waals surface area contributed by atoms with E-state index < -0.39 is 22.2 Å². The molecule has 3 amide bonds. The summed E-state index contributed by atoms with van der Waals surface area (Å²) in [7, 11) is -3.91. The third-order valence-corrected chi connectivity index (χ3v) is 6.00. The zero-order chi connectivity index (χ0) is 20.0. The first-order valence-corrected chi connectivity index (χ1v) is 10.0. The molecule has 1 saturated heterocycles. The van der Waals surface area contributed by atoms with Crippen molar-refractivity contribution in [2.75, 3.05) is 26.2 Å². The summed E-state index contributed by atoms with van der Waals surface area (Å²) in [5, 5.41) is 11.9. The van der Waals surface area contributed by atoms with Crippen LogP contribution >= 0.6 is 11.6 Å². The number of urea groups is 1. The summed E-state index contributed by atoms with van der Waals surface area (Å²) in [6.07, 6.45) is 0. The summed E-state index contributed by atoms with van der Waals surface area (Å²) in [5.74, 6) is -0.862. The van der Waals surface area contributed by atoms with Crippen molar-refractivity contribution in [1.29, 1.82) is 0 Å². The van der Waals surface area contributed by atoms with Gasteiger partial charge in [-0.1, -0.05) is 23.7 Å². The molecule has 10 nitrogen and oxygen atoms in total. The van der Waals surface area contributed by atoms with Gasteiger partial charge in [-0.2, -0.15) is 17.4 Å². The van der Waals surface area contributed by atoms with Gasteiger partial charge in [0.05, 0.1) is 0 Å². The molecule has 0 saturated carbocycles. The van der Waals surface area contributed by atoms with Crippen LogP contribution in [0.5, 0.6) is 0 Å². The van der Waals surface area contributed by atoms with Crippen LogP contribution in [0.2, 0.25) is 5.02 Å². The van der Waals surface area contributed by atoms with Crippen LogP contribution in [0.4, 0.5) is 4.79 Å². The van der Waals surface area contributed by atoms with E-state index in [1.165, 1.54) is 17.3 Å². The zero-order valence-electron chi connectivity index (χ0n) is 14.7. The van der Waals surface area contributed by atoms with E-state index in [2.05, 4.69) is 10.0 Å².